The predicted octanol–water partition coefficient (Wildman–Crippen LogP) is 6.96. The third-order valence-corrected chi connectivity index (χ3v) is 5.86. The van der Waals surface area contributed by atoms with Crippen LogP contribution in [-0.2, 0) is 0 Å². The first-order valence-corrected chi connectivity index (χ1v) is 10.5. The zero-order valence-electron chi connectivity index (χ0n) is 14.5. The van der Waals surface area contributed by atoms with Crippen molar-refractivity contribution in [3.8, 4) is 0 Å². The number of aliphatic hydroxyl groups is 1. The zero-order valence-corrected chi connectivity index (χ0v) is 18.4. The number of halogens is 3. The van der Waals surface area contributed by atoms with Crippen LogP contribution in [0.25, 0.3) is 21.8 Å². The number of hydrogen-bond acceptors (Lipinski definition) is 2. The van der Waals surface area contributed by atoms with E-state index in [4.69, 9.17) is 11.6 Å². The summed E-state index contributed by atoms with van der Waals surface area (Å²) in [6.45, 7) is 1.79. The molecule has 0 amide bonds. The lowest BCUT2D eigenvalue weighted by Crippen LogP contribution is -2.28. The molecule has 0 aliphatic heterocycles. The minimum absolute atomic E-state index is 0.339. The van der Waals surface area contributed by atoms with Crippen molar-refractivity contribution in [1.29, 1.82) is 0 Å². The smallest absolute Gasteiger partial charge is 0.130 e. The fraction of sp³-hybridized carbons (Fsp3) is 0.143. The highest BCUT2D eigenvalue weighted by atomic mass is 79.9. The molecule has 6 heteroatoms. The van der Waals surface area contributed by atoms with Gasteiger partial charge in [-0.25, -0.2) is 0 Å². The molecule has 3 nitrogen and oxygen atoms in total. The summed E-state index contributed by atoms with van der Waals surface area (Å²) < 4.78 is 4.20. The molecule has 0 bridgehead atoms. The summed E-state index contributed by atoms with van der Waals surface area (Å²) in [6, 6.07) is 19.9. The van der Waals surface area contributed by atoms with Crippen LogP contribution >= 0.6 is 43.5 Å². The lowest BCUT2D eigenvalue weighted by Gasteiger charge is -2.26. The maximum Gasteiger partial charge on any atom is 0.130 e. The van der Waals surface area contributed by atoms with Crippen LogP contribution in [0.1, 0.15) is 13.1 Å². The van der Waals surface area contributed by atoms with Gasteiger partial charge in [0.05, 0.1) is 17.1 Å². The standard InChI is InChI=1S/C21H17Br2ClN2O/c1-12(27)21(25-16-6-4-15(24)5-7-16)26-19-8-2-13(22)10-17(19)18-11-14(23)3-9-20(18)26/h2-12,21,25,27H,1H3. The van der Waals surface area contributed by atoms with Gasteiger partial charge in [0.2, 0.25) is 0 Å². The van der Waals surface area contributed by atoms with Crippen molar-refractivity contribution in [2.45, 2.75) is 19.2 Å². The number of rotatable bonds is 4. The number of aliphatic hydroxyl groups excluding tert-OH is 1. The van der Waals surface area contributed by atoms with Gasteiger partial charge in [0.1, 0.15) is 6.17 Å². The Morgan fingerprint density at radius 2 is 1.41 bits per heavy atom. The Morgan fingerprint density at radius 3 is 1.89 bits per heavy atom. The van der Waals surface area contributed by atoms with Crippen molar-refractivity contribution in [2.24, 2.45) is 0 Å². The largest absolute Gasteiger partial charge is 0.389 e. The molecule has 2 unspecified atom stereocenters. The summed E-state index contributed by atoms with van der Waals surface area (Å²) in [4.78, 5) is 0. The van der Waals surface area contributed by atoms with Gasteiger partial charge in [-0.3, -0.25) is 0 Å². The summed E-state index contributed by atoms with van der Waals surface area (Å²) in [7, 11) is 0. The summed E-state index contributed by atoms with van der Waals surface area (Å²) in [6.07, 6.45) is -0.958. The van der Waals surface area contributed by atoms with Gasteiger partial charge in [0, 0.05) is 30.4 Å². The van der Waals surface area contributed by atoms with Gasteiger partial charge in [-0.15, -0.1) is 0 Å². The normalized spacial score (nSPS) is 13.8. The third-order valence-electron chi connectivity index (χ3n) is 4.62. The summed E-state index contributed by atoms with van der Waals surface area (Å²) in [5.74, 6) is 0. The van der Waals surface area contributed by atoms with E-state index in [9.17, 15) is 5.11 Å². The lowest BCUT2D eigenvalue weighted by atomic mass is 10.2. The van der Waals surface area contributed by atoms with Gasteiger partial charge in [-0.05, 0) is 67.6 Å². The number of nitrogens with zero attached hydrogens (tertiary/aromatic N) is 1. The van der Waals surface area contributed by atoms with E-state index < -0.39 is 6.10 Å². The lowest BCUT2D eigenvalue weighted by molar-refractivity contribution is 0.147. The van der Waals surface area contributed by atoms with Gasteiger partial charge >= 0.3 is 0 Å². The SMILES string of the molecule is CC(O)C(Nc1ccc(Cl)cc1)n1c2ccc(Br)cc2c2cc(Br)ccc21. The van der Waals surface area contributed by atoms with Crippen LogP contribution < -0.4 is 5.32 Å². The molecule has 4 rings (SSSR count). The van der Waals surface area contributed by atoms with Crippen LogP contribution in [0.15, 0.2) is 69.6 Å². The van der Waals surface area contributed by atoms with Crippen molar-refractivity contribution in [1.82, 2.24) is 4.57 Å². The number of nitrogens with one attached hydrogen (secondary N) is 1. The van der Waals surface area contributed by atoms with Crippen LogP contribution in [0.2, 0.25) is 5.02 Å². The topological polar surface area (TPSA) is 37.2 Å². The average molecular weight is 509 g/mol. The second kappa shape index (κ2) is 7.47. The van der Waals surface area contributed by atoms with Gasteiger partial charge in [-0.2, -0.15) is 0 Å². The molecule has 0 aliphatic carbocycles. The van der Waals surface area contributed by atoms with Gasteiger partial charge in [-0.1, -0.05) is 43.5 Å². The summed E-state index contributed by atoms with van der Waals surface area (Å²) in [5, 5.41) is 17.0. The van der Waals surface area contributed by atoms with E-state index in [1.165, 1.54) is 0 Å². The zero-order chi connectivity index (χ0) is 19.1. The summed E-state index contributed by atoms with van der Waals surface area (Å²) in [5.41, 5.74) is 3.01. The van der Waals surface area contributed by atoms with Crippen LogP contribution in [0.3, 0.4) is 0 Å². The Kier molecular flexibility index (Phi) is 5.21. The number of aromatic nitrogens is 1. The van der Waals surface area contributed by atoms with Crippen LogP contribution in [0.4, 0.5) is 5.69 Å². The molecule has 2 atom stereocenters. The molecule has 2 N–H and O–H groups in total. The van der Waals surface area contributed by atoms with E-state index in [1.807, 2.05) is 36.4 Å². The van der Waals surface area contributed by atoms with Crippen LogP contribution in [0, 0.1) is 0 Å². The molecule has 4 aromatic rings. The second-order valence-electron chi connectivity index (χ2n) is 6.53. The van der Waals surface area contributed by atoms with Crippen molar-refractivity contribution in [2.75, 3.05) is 5.32 Å². The molecule has 0 saturated carbocycles. The van der Waals surface area contributed by atoms with Gasteiger partial charge in [0.15, 0.2) is 0 Å². The molecule has 0 saturated heterocycles. The molecule has 27 heavy (non-hydrogen) atoms. The van der Waals surface area contributed by atoms with Gasteiger partial charge < -0.3 is 15.0 Å². The first kappa shape index (κ1) is 18.8. The van der Waals surface area contributed by atoms with Gasteiger partial charge in [0.25, 0.3) is 0 Å². The second-order valence-corrected chi connectivity index (χ2v) is 8.80. The molecule has 0 spiro atoms. The number of fused-ring (bicyclic) bond motifs is 3. The minimum atomic E-state index is -0.619. The van der Waals surface area contributed by atoms with Crippen molar-refractivity contribution in [3.05, 3.63) is 74.6 Å². The molecule has 1 heterocycles. The molecule has 0 fully saturated rings. The number of benzene rings is 3. The number of anilines is 1. The quantitative estimate of drug-likeness (QED) is 0.313. The minimum Gasteiger partial charge on any atom is -0.389 e. The predicted molar refractivity (Wildman–Crippen MR) is 121 cm³/mol. The first-order valence-electron chi connectivity index (χ1n) is 8.53. The Morgan fingerprint density at radius 1 is 0.889 bits per heavy atom. The van der Waals surface area contributed by atoms with Crippen molar-refractivity contribution >= 4 is 71.0 Å². The highest BCUT2D eigenvalue weighted by molar-refractivity contribution is 9.10. The Hall–Kier alpha value is -1.53. The van der Waals surface area contributed by atoms with E-state index in [0.717, 1.165) is 36.4 Å². The Bertz CT molecular complexity index is 1060. The van der Waals surface area contributed by atoms with Crippen molar-refractivity contribution < 1.29 is 5.11 Å². The number of hydrogen-bond donors (Lipinski definition) is 2. The molecule has 0 aliphatic rings. The van der Waals surface area contributed by atoms with E-state index in [1.54, 1.807) is 6.92 Å². The van der Waals surface area contributed by atoms with E-state index in [-0.39, 0.29) is 6.17 Å². The first-order chi connectivity index (χ1) is 12.9. The molecular weight excluding hydrogens is 492 g/mol. The van der Waals surface area contributed by atoms with Crippen LogP contribution in [0.5, 0.6) is 0 Å². The summed E-state index contributed by atoms with van der Waals surface area (Å²) >= 11 is 13.2. The van der Waals surface area contributed by atoms with E-state index in [0.29, 0.717) is 5.02 Å². The molecule has 138 valence electrons. The molecular formula is C21H17Br2ClN2O. The fourth-order valence-corrected chi connectivity index (χ4v) is 4.26. The van der Waals surface area contributed by atoms with E-state index in [2.05, 4.69) is 66.0 Å². The Balaban J connectivity index is 1.94. The third kappa shape index (κ3) is 3.61. The fourth-order valence-electron chi connectivity index (χ4n) is 3.42. The Labute approximate surface area is 179 Å². The van der Waals surface area contributed by atoms with Crippen LogP contribution in [-0.4, -0.2) is 15.8 Å². The maximum absolute atomic E-state index is 10.6. The van der Waals surface area contributed by atoms with E-state index >= 15 is 0 Å². The molecule has 3 aromatic carbocycles. The highest BCUT2D eigenvalue weighted by Crippen LogP contribution is 2.36. The molecule has 1 aromatic heterocycles. The average Bonchev–Trinajstić information content (AvgIpc) is 2.94. The monoisotopic (exact) mass is 506 g/mol. The molecule has 0 radical (unpaired) electrons. The van der Waals surface area contributed by atoms with Crippen molar-refractivity contribution in [3.63, 3.8) is 0 Å². The maximum atomic E-state index is 10.6. The highest BCUT2D eigenvalue weighted by Gasteiger charge is 2.22.